The zero-order valence-electron chi connectivity index (χ0n) is 11.8. The predicted octanol–water partition coefficient (Wildman–Crippen LogP) is 4.32. The largest absolute Gasteiger partial charge is 0.454 e. The molecule has 4 heteroatoms. The Hall–Kier alpha value is -1.94. The summed E-state index contributed by atoms with van der Waals surface area (Å²) in [5.41, 5.74) is 2.26. The van der Waals surface area contributed by atoms with Crippen LogP contribution in [0, 0.1) is 18.6 Å². The minimum Gasteiger partial charge on any atom is -0.454 e. The number of benzene rings is 2. The highest BCUT2D eigenvalue weighted by Gasteiger charge is 2.20. The number of hydrogen-bond donors (Lipinski definition) is 1. The first-order valence-electron chi connectivity index (χ1n) is 7.07. The van der Waals surface area contributed by atoms with Crippen molar-refractivity contribution in [2.24, 2.45) is 0 Å². The standard InChI is InChI=1S/C17H17F2NO/c1-11-8-15(6-2-12(11)10-20-14-4-5-14)21-17-9-13(18)3-7-16(17)19/h2-3,6-9,14,20H,4-5,10H2,1H3. The van der Waals surface area contributed by atoms with Crippen molar-refractivity contribution in [3.05, 3.63) is 59.2 Å². The number of aryl methyl sites for hydroxylation is 1. The van der Waals surface area contributed by atoms with Crippen LogP contribution in [0.3, 0.4) is 0 Å². The van der Waals surface area contributed by atoms with E-state index in [1.807, 2.05) is 19.1 Å². The van der Waals surface area contributed by atoms with Crippen molar-refractivity contribution in [2.75, 3.05) is 0 Å². The molecule has 0 bridgehead atoms. The molecule has 0 saturated heterocycles. The summed E-state index contributed by atoms with van der Waals surface area (Å²) < 4.78 is 32.1. The molecule has 0 radical (unpaired) electrons. The van der Waals surface area contributed by atoms with Gasteiger partial charge in [0.1, 0.15) is 11.6 Å². The molecular formula is C17H17F2NO. The first-order valence-corrected chi connectivity index (χ1v) is 7.07. The highest BCUT2D eigenvalue weighted by atomic mass is 19.1. The molecule has 0 amide bonds. The van der Waals surface area contributed by atoms with Crippen LogP contribution in [-0.2, 0) is 6.54 Å². The summed E-state index contributed by atoms with van der Waals surface area (Å²) in [5.74, 6) is -0.688. The van der Waals surface area contributed by atoms with Crippen LogP contribution >= 0.6 is 0 Å². The van der Waals surface area contributed by atoms with Crippen molar-refractivity contribution < 1.29 is 13.5 Å². The number of hydrogen-bond acceptors (Lipinski definition) is 2. The quantitative estimate of drug-likeness (QED) is 0.885. The van der Waals surface area contributed by atoms with Crippen LogP contribution in [-0.4, -0.2) is 6.04 Å². The van der Waals surface area contributed by atoms with Crippen molar-refractivity contribution in [1.29, 1.82) is 0 Å². The maximum atomic E-state index is 13.5. The minimum absolute atomic E-state index is 0.0988. The van der Waals surface area contributed by atoms with Gasteiger partial charge >= 0.3 is 0 Å². The van der Waals surface area contributed by atoms with Gasteiger partial charge in [0.15, 0.2) is 11.6 Å². The van der Waals surface area contributed by atoms with E-state index in [-0.39, 0.29) is 5.75 Å². The zero-order valence-corrected chi connectivity index (χ0v) is 11.8. The minimum atomic E-state index is -0.575. The Kier molecular flexibility index (Phi) is 3.88. The third-order valence-corrected chi connectivity index (χ3v) is 3.59. The Morgan fingerprint density at radius 2 is 1.95 bits per heavy atom. The Balaban J connectivity index is 1.73. The zero-order chi connectivity index (χ0) is 14.8. The van der Waals surface area contributed by atoms with Crippen molar-refractivity contribution in [3.8, 4) is 11.5 Å². The molecule has 1 aliphatic rings. The molecule has 21 heavy (non-hydrogen) atoms. The second kappa shape index (κ2) is 5.82. The maximum Gasteiger partial charge on any atom is 0.165 e. The summed E-state index contributed by atoms with van der Waals surface area (Å²) in [4.78, 5) is 0. The fourth-order valence-electron chi connectivity index (χ4n) is 2.15. The molecule has 0 aromatic heterocycles. The van der Waals surface area contributed by atoms with E-state index in [0.717, 1.165) is 30.3 Å². The molecule has 1 N–H and O–H groups in total. The summed E-state index contributed by atoms with van der Waals surface area (Å²) in [6, 6.07) is 9.41. The summed E-state index contributed by atoms with van der Waals surface area (Å²) >= 11 is 0. The monoisotopic (exact) mass is 289 g/mol. The Bertz CT molecular complexity index is 653. The number of nitrogens with one attached hydrogen (secondary N) is 1. The summed E-state index contributed by atoms with van der Waals surface area (Å²) in [6.07, 6.45) is 2.50. The van der Waals surface area contributed by atoms with Crippen LogP contribution in [0.15, 0.2) is 36.4 Å². The van der Waals surface area contributed by atoms with E-state index in [2.05, 4.69) is 5.32 Å². The highest BCUT2D eigenvalue weighted by molar-refractivity contribution is 5.38. The molecule has 0 heterocycles. The highest BCUT2D eigenvalue weighted by Crippen LogP contribution is 2.27. The van der Waals surface area contributed by atoms with Gasteiger partial charge in [0, 0.05) is 18.7 Å². The molecular weight excluding hydrogens is 272 g/mol. The van der Waals surface area contributed by atoms with Crippen LogP contribution in [0.2, 0.25) is 0 Å². The molecule has 3 rings (SSSR count). The fourth-order valence-corrected chi connectivity index (χ4v) is 2.15. The third kappa shape index (κ3) is 3.58. The van der Waals surface area contributed by atoms with Gasteiger partial charge in [-0.05, 0) is 55.2 Å². The predicted molar refractivity (Wildman–Crippen MR) is 77.5 cm³/mol. The molecule has 110 valence electrons. The van der Waals surface area contributed by atoms with E-state index >= 15 is 0 Å². The average Bonchev–Trinajstić information content (AvgIpc) is 3.26. The molecule has 0 spiro atoms. The van der Waals surface area contributed by atoms with Crippen molar-refractivity contribution in [2.45, 2.75) is 32.4 Å². The van der Waals surface area contributed by atoms with Crippen molar-refractivity contribution in [3.63, 3.8) is 0 Å². The van der Waals surface area contributed by atoms with E-state index in [9.17, 15) is 8.78 Å². The number of halogens is 2. The fraction of sp³-hybridized carbons (Fsp3) is 0.294. The number of ether oxygens (including phenoxy) is 1. The molecule has 1 fully saturated rings. The van der Waals surface area contributed by atoms with Crippen LogP contribution in [0.4, 0.5) is 8.78 Å². The second-order valence-electron chi connectivity index (χ2n) is 5.42. The van der Waals surface area contributed by atoms with Crippen LogP contribution in [0.25, 0.3) is 0 Å². The summed E-state index contributed by atoms with van der Waals surface area (Å²) in [6.45, 7) is 2.81. The maximum absolute atomic E-state index is 13.5. The summed E-state index contributed by atoms with van der Waals surface area (Å²) in [5, 5.41) is 3.45. The number of rotatable bonds is 5. The SMILES string of the molecule is Cc1cc(Oc2cc(F)ccc2F)ccc1CNC1CC1. The van der Waals surface area contributed by atoms with Crippen LogP contribution in [0.1, 0.15) is 24.0 Å². The Morgan fingerprint density at radius 1 is 1.14 bits per heavy atom. The first kappa shape index (κ1) is 14.0. The lowest BCUT2D eigenvalue weighted by Crippen LogP contribution is -2.15. The van der Waals surface area contributed by atoms with Crippen molar-refractivity contribution in [1.82, 2.24) is 5.32 Å². The van der Waals surface area contributed by atoms with E-state index in [0.29, 0.717) is 11.8 Å². The van der Waals surface area contributed by atoms with E-state index in [4.69, 9.17) is 4.74 Å². The van der Waals surface area contributed by atoms with E-state index in [1.165, 1.54) is 18.4 Å². The molecule has 1 saturated carbocycles. The molecule has 1 aliphatic carbocycles. The molecule has 0 atom stereocenters. The Morgan fingerprint density at radius 3 is 2.67 bits per heavy atom. The van der Waals surface area contributed by atoms with Gasteiger partial charge in [0.05, 0.1) is 0 Å². The second-order valence-corrected chi connectivity index (χ2v) is 5.42. The normalized spacial score (nSPS) is 14.2. The smallest absolute Gasteiger partial charge is 0.165 e. The lowest BCUT2D eigenvalue weighted by atomic mass is 10.1. The van der Waals surface area contributed by atoms with Crippen molar-refractivity contribution >= 4 is 0 Å². The van der Waals surface area contributed by atoms with Gasteiger partial charge < -0.3 is 10.1 Å². The third-order valence-electron chi connectivity index (χ3n) is 3.59. The van der Waals surface area contributed by atoms with Gasteiger partial charge in [-0.15, -0.1) is 0 Å². The van der Waals surface area contributed by atoms with Gasteiger partial charge in [-0.2, -0.15) is 0 Å². The van der Waals surface area contributed by atoms with E-state index < -0.39 is 11.6 Å². The topological polar surface area (TPSA) is 21.3 Å². The van der Waals surface area contributed by atoms with Crippen LogP contribution in [0.5, 0.6) is 11.5 Å². The van der Waals surface area contributed by atoms with Crippen LogP contribution < -0.4 is 10.1 Å². The van der Waals surface area contributed by atoms with Gasteiger partial charge in [-0.3, -0.25) is 0 Å². The lowest BCUT2D eigenvalue weighted by molar-refractivity contribution is 0.436. The first-order chi connectivity index (χ1) is 10.1. The Labute approximate surface area is 122 Å². The van der Waals surface area contributed by atoms with Gasteiger partial charge in [-0.25, -0.2) is 8.78 Å². The lowest BCUT2D eigenvalue weighted by Gasteiger charge is -2.11. The molecule has 2 aromatic carbocycles. The van der Waals surface area contributed by atoms with Gasteiger partial charge in [0.2, 0.25) is 0 Å². The average molecular weight is 289 g/mol. The molecule has 0 unspecified atom stereocenters. The molecule has 2 nitrogen and oxygen atoms in total. The van der Waals surface area contributed by atoms with Gasteiger partial charge in [0.25, 0.3) is 0 Å². The van der Waals surface area contributed by atoms with E-state index in [1.54, 1.807) is 6.07 Å². The van der Waals surface area contributed by atoms with Gasteiger partial charge in [-0.1, -0.05) is 6.07 Å². The molecule has 2 aromatic rings. The summed E-state index contributed by atoms with van der Waals surface area (Å²) in [7, 11) is 0. The molecule has 0 aliphatic heterocycles.